The van der Waals surface area contributed by atoms with Gasteiger partial charge in [-0.15, -0.1) is 5.10 Å². The minimum Gasteiger partial charge on any atom is -0.494 e. The molecule has 1 N–H and O–H groups in total. The molecule has 0 aliphatic rings. The fourth-order valence-corrected chi connectivity index (χ4v) is 2.91. The molecule has 0 spiro atoms. The minimum atomic E-state index is -0.101. The van der Waals surface area contributed by atoms with Gasteiger partial charge in [0.15, 0.2) is 0 Å². The lowest BCUT2D eigenvalue weighted by atomic mass is 10.3. The van der Waals surface area contributed by atoms with E-state index in [9.17, 15) is 4.79 Å². The summed E-state index contributed by atoms with van der Waals surface area (Å²) in [6, 6.07) is 17.1. The van der Waals surface area contributed by atoms with Gasteiger partial charge in [-0.1, -0.05) is 43.3 Å². The van der Waals surface area contributed by atoms with Crippen molar-refractivity contribution >= 4 is 23.4 Å². The summed E-state index contributed by atoms with van der Waals surface area (Å²) < 4.78 is 7.31. The molecule has 2 aromatic carbocycles. The lowest BCUT2D eigenvalue weighted by molar-refractivity contribution is -0.113. The van der Waals surface area contributed by atoms with E-state index in [1.54, 1.807) is 11.0 Å². The highest BCUT2D eigenvalue weighted by Crippen LogP contribution is 2.18. The Balaban J connectivity index is 1.46. The number of amides is 1. The molecule has 0 aliphatic carbocycles. The Bertz CT molecular complexity index is 850. The highest BCUT2D eigenvalue weighted by molar-refractivity contribution is 7.99. The van der Waals surface area contributed by atoms with Crippen molar-refractivity contribution in [1.82, 2.24) is 14.8 Å². The first kappa shape index (κ1) is 19.0. The number of benzene rings is 2. The number of carbonyl (C=O) groups is 1. The van der Waals surface area contributed by atoms with E-state index >= 15 is 0 Å². The minimum absolute atomic E-state index is 0.101. The van der Waals surface area contributed by atoms with Crippen LogP contribution in [0.25, 0.3) is 5.69 Å². The van der Waals surface area contributed by atoms with Crippen molar-refractivity contribution in [3.05, 3.63) is 60.9 Å². The zero-order valence-electron chi connectivity index (χ0n) is 15.2. The number of unbranched alkanes of at least 4 members (excludes halogenated alkanes) is 1. The normalized spacial score (nSPS) is 10.6. The van der Waals surface area contributed by atoms with Crippen molar-refractivity contribution in [3.63, 3.8) is 0 Å². The molecular formula is C20H22N4O2S. The number of anilines is 1. The van der Waals surface area contributed by atoms with Gasteiger partial charge < -0.3 is 10.1 Å². The van der Waals surface area contributed by atoms with Crippen molar-refractivity contribution in [3.8, 4) is 11.4 Å². The summed E-state index contributed by atoms with van der Waals surface area (Å²) in [4.78, 5) is 16.4. The Morgan fingerprint density at radius 1 is 1.15 bits per heavy atom. The monoisotopic (exact) mass is 382 g/mol. The molecule has 1 aromatic heterocycles. The molecule has 1 heterocycles. The Labute approximate surface area is 163 Å². The van der Waals surface area contributed by atoms with Gasteiger partial charge in [0.25, 0.3) is 0 Å². The van der Waals surface area contributed by atoms with E-state index in [1.807, 2.05) is 54.6 Å². The van der Waals surface area contributed by atoms with Crippen LogP contribution in [0, 0.1) is 0 Å². The average molecular weight is 382 g/mol. The summed E-state index contributed by atoms with van der Waals surface area (Å²) in [5.74, 6) is 0.954. The van der Waals surface area contributed by atoms with E-state index in [4.69, 9.17) is 4.74 Å². The number of hydrogen-bond donors (Lipinski definition) is 1. The molecule has 0 atom stereocenters. The number of ether oxygens (including phenoxy) is 1. The summed E-state index contributed by atoms with van der Waals surface area (Å²) in [6.07, 6.45) is 3.78. The Morgan fingerprint density at radius 3 is 2.67 bits per heavy atom. The van der Waals surface area contributed by atoms with Crippen molar-refractivity contribution in [2.45, 2.75) is 24.9 Å². The summed E-state index contributed by atoms with van der Waals surface area (Å²) >= 11 is 1.30. The van der Waals surface area contributed by atoms with Crippen LogP contribution in [-0.2, 0) is 4.79 Å². The average Bonchev–Trinajstić information content (AvgIpc) is 3.18. The number of hydrogen-bond acceptors (Lipinski definition) is 5. The third kappa shape index (κ3) is 5.86. The van der Waals surface area contributed by atoms with Crippen molar-refractivity contribution in [1.29, 1.82) is 0 Å². The Morgan fingerprint density at radius 2 is 1.93 bits per heavy atom. The van der Waals surface area contributed by atoms with E-state index in [-0.39, 0.29) is 11.7 Å². The second-order valence-corrected chi connectivity index (χ2v) is 6.81. The largest absolute Gasteiger partial charge is 0.494 e. The fraction of sp³-hybridized carbons (Fsp3) is 0.250. The van der Waals surface area contributed by atoms with Gasteiger partial charge in [-0.05, 0) is 42.8 Å². The van der Waals surface area contributed by atoms with Gasteiger partial charge >= 0.3 is 0 Å². The van der Waals surface area contributed by atoms with Gasteiger partial charge in [-0.25, -0.2) is 9.67 Å². The lowest BCUT2D eigenvalue weighted by Crippen LogP contribution is -2.14. The van der Waals surface area contributed by atoms with E-state index < -0.39 is 0 Å². The molecule has 6 nitrogen and oxygen atoms in total. The molecular weight excluding hydrogens is 360 g/mol. The van der Waals surface area contributed by atoms with Gasteiger partial charge in [0, 0.05) is 5.69 Å². The van der Waals surface area contributed by atoms with Crippen molar-refractivity contribution < 1.29 is 9.53 Å². The first-order valence-electron chi connectivity index (χ1n) is 8.87. The van der Waals surface area contributed by atoms with Crippen LogP contribution < -0.4 is 10.1 Å². The van der Waals surface area contributed by atoms with Crippen molar-refractivity contribution in [2.24, 2.45) is 0 Å². The number of aromatic nitrogens is 3. The SMILES string of the molecule is CCCCOc1ccc(NC(=O)CSc2ncn(-c3ccccc3)n2)cc1. The molecule has 0 saturated carbocycles. The maximum absolute atomic E-state index is 12.1. The van der Waals surface area contributed by atoms with Crippen LogP contribution in [0.4, 0.5) is 5.69 Å². The van der Waals surface area contributed by atoms with Gasteiger partial charge in [0.05, 0.1) is 18.0 Å². The van der Waals surface area contributed by atoms with Crippen LogP contribution in [0.3, 0.4) is 0 Å². The number of rotatable bonds is 9. The number of para-hydroxylation sites is 1. The summed E-state index contributed by atoms with van der Waals surface area (Å²) in [5, 5.41) is 7.81. The van der Waals surface area contributed by atoms with Gasteiger partial charge in [0.1, 0.15) is 12.1 Å². The predicted molar refractivity (Wildman–Crippen MR) is 108 cm³/mol. The van der Waals surface area contributed by atoms with Gasteiger partial charge in [-0.2, -0.15) is 0 Å². The summed E-state index contributed by atoms with van der Waals surface area (Å²) in [6.45, 7) is 2.84. The van der Waals surface area contributed by atoms with Gasteiger partial charge in [-0.3, -0.25) is 4.79 Å². The third-order valence-corrected chi connectivity index (χ3v) is 4.58. The first-order chi connectivity index (χ1) is 13.2. The molecule has 0 unspecified atom stereocenters. The highest BCUT2D eigenvalue weighted by Gasteiger charge is 2.08. The van der Waals surface area contributed by atoms with Crippen LogP contribution in [0.2, 0.25) is 0 Å². The molecule has 27 heavy (non-hydrogen) atoms. The molecule has 0 bridgehead atoms. The molecule has 3 rings (SSSR count). The first-order valence-corrected chi connectivity index (χ1v) is 9.86. The lowest BCUT2D eigenvalue weighted by Gasteiger charge is -2.07. The molecule has 7 heteroatoms. The maximum atomic E-state index is 12.1. The smallest absolute Gasteiger partial charge is 0.234 e. The topological polar surface area (TPSA) is 69.0 Å². The van der Waals surface area contributed by atoms with E-state index in [2.05, 4.69) is 22.3 Å². The number of thioether (sulfide) groups is 1. The zero-order chi connectivity index (χ0) is 18.9. The van der Waals surface area contributed by atoms with E-state index in [1.165, 1.54) is 11.8 Å². The third-order valence-electron chi connectivity index (χ3n) is 3.73. The second kappa shape index (κ2) is 9.78. The quantitative estimate of drug-likeness (QED) is 0.444. The van der Waals surface area contributed by atoms with Gasteiger partial charge in [0.2, 0.25) is 11.1 Å². The Hall–Kier alpha value is -2.80. The van der Waals surface area contributed by atoms with Crippen molar-refractivity contribution in [2.75, 3.05) is 17.7 Å². The van der Waals surface area contributed by atoms with E-state index in [0.29, 0.717) is 11.8 Å². The van der Waals surface area contributed by atoms with Crippen LogP contribution in [-0.4, -0.2) is 33.0 Å². The molecule has 0 saturated heterocycles. The molecule has 140 valence electrons. The molecule has 0 radical (unpaired) electrons. The zero-order valence-corrected chi connectivity index (χ0v) is 16.0. The Kier molecular flexibility index (Phi) is 6.87. The molecule has 0 aliphatic heterocycles. The molecule has 3 aromatic rings. The molecule has 1 amide bonds. The van der Waals surface area contributed by atoms with Crippen LogP contribution in [0.1, 0.15) is 19.8 Å². The predicted octanol–water partition coefficient (Wildman–Crippen LogP) is 4.18. The van der Waals surface area contributed by atoms with Crippen LogP contribution in [0.5, 0.6) is 5.75 Å². The summed E-state index contributed by atoms with van der Waals surface area (Å²) in [7, 11) is 0. The number of nitrogens with one attached hydrogen (secondary N) is 1. The van der Waals surface area contributed by atoms with Crippen LogP contribution >= 0.6 is 11.8 Å². The fourth-order valence-electron chi connectivity index (χ4n) is 2.32. The number of nitrogens with zero attached hydrogens (tertiary/aromatic N) is 3. The van der Waals surface area contributed by atoms with E-state index in [0.717, 1.165) is 30.0 Å². The molecule has 0 fully saturated rings. The van der Waals surface area contributed by atoms with Crippen LogP contribution in [0.15, 0.2) is 66.1 Å². The maximum Gasteiger partial charge on any atom is 0.234 e. The standard InChI is InChI=1S/C20H22N4O2S/c1-2-3-13-26-18-11-9-16(10-12-18)22-19(25)14-27-20-21-15-24(23-20)17-7-5-4-6-8-17/h4-12,15H,2-3,13-14H2,1H3,(H,22,25). The highest BCUT2D eigenvalue weighted by atomic mass is 32.2. The summed E-state index contributed by atoms with van der Waals surface area (Å²) in [5.41, 5.74) is 1.67. The number of carbonyl (C=O) groups excluding carboxylic acids is 1. The second-order valence-electron chi connectivity index (χ2n) is 5.87.